The number of nitrogens with one attached hydrogen (secondary N) is 1. The Morgan fingerprint density at radius 3 is 2.39 bits per heavy atom. The standard InChI is InChI=1S/C18H18N4O4S2/c23-17(24)16-12-20-18(27-16)21-8-10-22(11-9-21)28(25,26)14-5-3-13(4-6-14)15-2-1-7-19-15/h1-7,12,19H,8-11H2,(H,23,24). The Balaban J connectivity index is 1.45. The molecule has 0 bridgehead atoms. The maximum Gasteiger partial charge on any atom is 0.347 e. The Hall–Kier alpha value is -2.69. The van der Waals surface area contributed by atoms with Crippen molar-refractivity contribution in [3.8, 4) is 11.3 Å². The largest absolute Gasteiger partial charge is 0.477 e. The molecule has 0 spiro atoms. The fourth-order valence-corrected chi connectivity index (χ4v) is 5.32. The van der Waals surface area contributed by atoms with Crippen molar-refractivity contribution >= 4 is 32.5 Å². The summed E-state index contributed by atoms with van der Waals surface area (Å²) < 4.78 is 27.3. The number of anilines is 1. The summed E-state index contributed by atoms with van der Waals surface area (Å²) >= 11 is 1.10. The first-order valence-corrected chi connectivity index (χ1v) is 10.9. The zero-order chi connectivity index (χ0) is 19.7. The number of thiazole rings is 1. The SMILES string of the molecule is O=C(O)c1cnc(N2CCN(S(=O)(=O)c3ccc(-c4ccc[nH]4)cc3)CC2)s1. The molecule has 10 heteroatoms. The highest BCUT2D eigenvalue weighted by Crippen LogP contribution is 2.26. The molecule has 0 saturated carbocycles. The van der Waals surface area contributed by atoms with Crippen molar-refractivity contribution in [1.82, 2.24) is 14.3 Å². The molecule has 3 heterocycles. The third kappa shape index (κ3) is 3.53. The maximum absolute atomic E-state index is 12.9. The van der Waals surface area contributed by atoms with Gasteiger partial charge in [0, 0.05) is 38.1 Å². The van der Waals surface area contributed by atoms with Crippen LogP contribution in [0.5, 0.6) is 0 Å². The normalized spacial score (nSPS) is 15.6. The summed E-state index contributed by atoms with van der Waals surface area (Å²) in [6.45, 7) is 1.57. The second-order valence-electron chi connectivity index (χ2n) is 6.31. The van der Waals surface area contributed by atoms with E-state index in [9.17, 15) is 13.2 Å². The molecule has 0 unspecified atom stereocenters. The molecular weight excluding hydrogens is 400 g/mol. The average Bonchev–Trinajstić information content (AvgIpc) is 3.40. The molecule has 2 N–H and O–H groups in total. The highest BCUT2D eigenvalue weighted by molar-refractivity contribution is 7.89. The number of hydrogen-bond donors (Lipinski definition) is 2. The minimum Gasteiger partial charge on any atom is -0.477 e. The van der Waals surface area contributed by atoms with Gasteiger partial charge in [0.2, 0.25) is 10.0 Å². The maximum atomic E-state index is 12.9. The lowest BCUT2D eigenvalue weighted by Gasteiger charge is -2.33. The molecule has 146 valence electrons. The first-order valence-electron chi connectivity index (χ1n) is 8.63. The monoisotopic (exact) mass is 418 g/mol. The van der Waals surface area contributed by atoms with E-state index in [1.54, 1.807) is 24.3 Å². The summed E-state index contributed by atoms with van der Waals surface area (Å²) in [5, 5.41) is 9.62. The van der Waals surface area contributed by atoms with Crippen LogP contribution in [0, 0.1) is 0 Å². The van der Waals surface area contributed by atoms with E-state index < -0.39 is 16.0 Å². The predicted octanol–water partition coefficient (Wildman–Crippen LogP) is 2.35. The van der Waals surface area contributed by atoms with Crippen molar-refractivity contribution < 1.29 is 18.3 Å². The van der Waals surface area contributed by atoms with Crippen LogP contribution in [-0.4, -0.2) is 59.9 Å². The lowest BCUT2D eigenvalue weighted by molar-refractivity contribution is 0.0702. The van der Waals surface area contributed by atoms with E-state index in [1.165, 1.54) is 10.5 Å². The van der Waals surface area contributed by atoms with E-state index in [0.29, 0.717) is 31.3 Å². The van der Waals surface area contributed by atoms with Crippen LogP contribution >= 0.6 is 11.3 Å². The number of benzene rings is 1. The van der Waals surface area contributed by atoms with Gasteiger partial charge in [0.1, 0.15) is 4.88 Å². The van der Waals surface area contributed by atoms with Gasteiger partial charge in [-0.25, -0.2) is 18.2 Å². The number of aromatic nitrogens is 2. The highest BCUT2D eigenvalue weighted by Gasteiger charge is 2.29. The molecule has 0 radical (unpaired) electrons. The number of H-pyrrole nitrogens is 1. The van der Waals surface area contributed by atoms with E-state index in [1.807, 2.05) is 23.2 Å². The number of aromatic carboxylic acids is 1. The minimum atomic E-state index is -3.58. The van der Waals surface area contributed by atoms with Crippen molar-refractivity contribution in [3.05, 3.63) is 53.7 Å². The Morgan fingerprint density at radius 2 is 1.82 bits per heavy atom. The van der Waals surface area contributed by atoms with E-state index in [4.69, 9.17) is 5.11 Å². The summed E-state index contributed by atoms with van der Waals surface area (Å²) in [5.74, 6) is -1.01. The summed E-state index contributed by atoms with van der Waals surface area (Å²) in [4.78, 5) is 20.6. The summed E-state index contributed by atoms with van der Waals surface area (Å²) in [5.41, 5.74) is 1.86. The quantitative estimate of drug-likeness (QED) is 0.659. The molecule has 28 heavy (non-hydrogen) atoms. The molecular formula is C18H18N4O4S2. The second kappa shape index (κ2) is 7.38. The third-order valence-electron chi connectivity index (χ3n) is 4.61. The van der Waals surface area contributed by atoms with Gasteiger partial charge in [-0.3, -0.25) is 0 Å². The van der Waals surface area contributed by atoms with Crippen molar-refractivity contribution in [2.75, 3.05) is 31.1 Å². The molecule has 1 aliphatic heterocycles. The molecule has 3 aromatic rings. The van der Waals surface area contributed by atoms with Crippen LogP contribution in [0.1, 0.15) is 9.67 Å². The van der Waals surface area contributed by atoms with Crippen molar-refractivity contribution in [3.63, 3.8) is 0 Å². The zero-order valence-electron chi connectivity index (χ0n) is 14.8. The van der Waals surface area contributed by atoms with Crippen molar-refractivity contribution in [1.29, 1.82) is 0 Å². The van der Waals surface area contributed by atoms with Gasteiger partial charge in [-0.2, -0.15) is 4.31 Å². The molecule has 1 aliphatic rings. The van der Waals surface area contributed by atoms with Gasteiger partial charge >= 0.3 is 5.97 Å². The van der Waals surface area contributed by atoms with Crippen LogP contribution in [0.15, 0.2) is 53.7 Å². The van der Waals surface area contributed by atoms with Gasteiger partial charge in [-0.15, -0.1) is 0 Å². The summed E-state index contributed by atoms with van der Waals surface area (Å²) in [6, 6.07) is 10.6. The zero-order valence-corrected chi connectivity index (χ0v) is 16.4. The van der Waals surface area contributed by atoms with Crippen LogP contribution in [-0.2, 0) is 10.0 Å². The molecule has 0 atom stereocenters. The predicted molar refractivity (Wildman–Crippen MR) is 106 cm³/mol. The Labute approximate surface area is 166 Å². The van der Waals surface area contributed by atoms with Gasteiger partial charge in [0.15, 0.2) is 5.13 Å². The minimum absolute atomic E-state index is 0.173. The molecule has 0 aliphatic carbocycles. The van der Waals surface area contributed by atoms with Crippen LogP contribution in [0.3, 0.4) is 0 Å². The number of carbonyl (C=O) groups is 1. The Bertz CT molecular complexity index is 1070. The fraction of sp³-hybridized carbons (Fsp3) is 0.222. The molecule has 2 aromatic heterocycles. The lowest BCUT2D eigenvalue weighted by atomic mass is 10.2. The fourth-order valence-electron chi connectivity index (χ4n) is 3.10. The third-order valence-corrected chi connectivity index (χ3v) is 7.57. The van der Waals surface area contributed by atoms with E-state index in [2.05, 4.69) is 9.97 Å². The topological polar surface area (TPSA) is 107 Å². The second-order valence-corrected chi connectivity index (χ2v) is 9.26. The van der Waals surface area contributed by atoms with Crippen LogP contribution in [0.25, 0.3) is 11.3 Å². The molecule has 0 amide bonds. The van der Waals surface area contributed by atoms with E-state index >= 15 is 0 Å². The molecule has 1 saturated heterocycles. The van der Waals surface area contributed by atoms with Crippen molar-refractivity contribution in [2.24, 2.45) is 0 Å². The van der Waals surface area contributed by atoms with Crippen LogP contribution in [0.4, 0.5) is 5.13 Å². The van der Waals surface area contributed by atoms with Gasteiger partial charge in [0.05, 0.1) is 11.1 Å². The van der Waals surface area contributed by atoms with Crippen LogP contribution in [0.2, 0.25) is 0 Å². The Kier molecular flexibility index (Phi) is 4.92. The van der Waals surface area contributed by atoms with Crippen LogP contribution < -0.4 is 4.90 Å². The van der Waals surface area contributed by atoms with Gasteiger partial charge < -0.3 is 15.0 Å². The van der Waals surface area contributed by atoms with Gasteiger partial charge in [0.25, 0.3) is 0 Å². The molecule has 4 rings (SSSR count). The number of hydrogen-bond acceptors (Lipinski definition) is 6. The average molecular weight is 419 g/mol. The number of carboxylic acid groups (broad SMARTS) is 1. The Morgan fingerprint density at radius 1 is 1.11 bits per heavy atom. The first-order chi connectivity index (χ1) is 13.4. The van der Waals surface area contributed by atoms with E-state index in [-0.39, 0.29) is 9.77 Å². The molecule has 1 fully saturated rings. The number of rotatable bonds is 5. The van der Waals surface area contributed by atoms with Crippen molar-refractivity contribution in [2.45, 2.75) is 4.90 Å². The number of aromatic amines is 1. The summed E-state index contributed by atoms with van der Waals surface area (Å²) in [7, 11) is -3.58. The van der Waals surface area contributed by atoms with E-state index in [0.717, 1.165) is 22.6 Å². The number of carboxylic acids is 1. The van der Waals surface area contributed by atoms with Gasteiger partial charge in [-0.1, -0.05) is 23.5 Å². The smallest absolute Gasteiger partial charge is 0.347 e. The molecule has 1 aromatic carbocycles. The summed E-state index contributed by atoms with van der Waals surface area (Å²) in [6.07, 6.45) is 3.15. The first kappa shape index (κ1) is 18.7. The molecule has 8 nitrogen and oxygen atoms in total. The highest BCUT2D eigenvalue weighted by atomic mass is 32.2. The number of sulfonamides is 1. The number of piperazine rings is 1. The van der Waals surface area contributed by atoms with Gasteiger partial charge in [-0.05, 0) is 29.8 Å². The number of nitrogens with zero attached hydrogens (tertiary/aromatic N) is 3. The lowest BCUT2D eigenvalue weighted by Crippen LogP contribution is -2.48.